The lowest BCUT2D eigenvalue weighted by Gasteiger charge is -2.35. The molecule has 3 N–H and O–H groups in total. The van der Waals surface area contributed by atoms with Crippen molar-refractivity contribution in [1.29, 1.82) is 0 Å². The molecule has 1 aromatic carbocycles. The quantitative estimate of drug-likeness (QED) is 0.862. The van der Waals surface area contributed by atoms with Crippen LogP contribution in [0.5, 0.6) is 5.75 Å². The molecular weight excluding hydrogens is 328 g/mol. The van der Waals surface area contributed by atoms with E-state index < -0.39 is 6.35 Å². The standard InChI is InChI=1S/C19H26N6O/c1-12-10-14-13(2)16(5-4-15(14)21-12)26-19-22-17(20)11-18(23-19)25-8-6-24(3)7-9-25/h4-5,10,19,21H,6-9,11H2,1-3H3,(H2,20,22). The fourth-order valence-electron chi connectivity index (χ4n) is 3.57. The van der Waals surface area contributed by atoms with E-state index in [0.29, 0.717) is 12.3 Å². The fourth-order valence-corrected chi connectivity index (χ4v) is 3.57. The molecule has 1 fully saturated rings. The molecule has 7 heteroatoms. The number of fused-ring (bicyclic) bond motifs is 1. The minimum Gasteiger partial charge on any atom is -0.448 e. The van der Waals surface area contributed by atoms with Gasteiger partial charge in [0.05, 0.1) is 6.42 Å². The number of piperazine rings is 1. The van der Waals surface area contributed by atoms with Crippen molar-refractivity contribution in [2.45, 2.75) is 26.6 Å². The maximum Gasteiger partial charge on any atom is 0.291 e. The Morgan fingerprint density at radius 2 is 1.92 bits per heavy atom. The first kappa shape index (κ1) is 16.9. The van der Waals surface area contributed by atoms with E-state index in [1.165, 1.54) is 0 Å². The molecule has 2 aromatic rings. The Morgan fingerprint density at radius 3 is 2.69 bits per heavy atom. The van der Waals surface area contributed by atoms with Gasteiger partial charge in [0.25, 0.3) is 6.35 Å². The van der Waals surface area contributed by atoms with Crippen molar-refractivity contribution in [3.05, 3.63) is 29.5 Å². The van der Waals surface area contributed by atoms with Gasteiger partial charge >= 0.3 is 0 Å². The Bertz CT molecular complexity index is 876. The predicted molar refractivity (Wildman–Crippen MR) is 105 cm³/mol. The summed E-state index contributed by atoms with van der Waals surface area (Å²) >= 11 is 0. The second-order valence-electron chi connectivity index (χ2n) is 7.18. The number of aliphatic imine (C=N–C) groups is 2. The highest BCUT2D eigenvalue weighted by atomic mass is 16.5. The van der Waals surface area contributed by atoms with Crippen LogP contribution < -0.4 is 10.5 Å². The first-order valence-electron chi connectivity index (χ1n) is 9.07. The van der Waals surface area contributed by atoms with Crippen molar-refractivity contribution in [3.8, 4) is 5.75 Å². The Morgan fingerprint density at radius 1 is 1.15 bits per heavy atom. The van der Waals surface area contributed by atoms with Gasteiger partial charge in [0.2, 0.25) is 0 Å². The van der Waals surface area contributed by atoms with E-state index in [9.17, 15) is 0 Å². The van der Waals surface area contributed by atoms with Crippen LogP contribution in [0.3, 0.4) is 0 Å². The zero-order chi connectivity index (χ0) is 18.3. The van der Waals surface area contributed by atoms with Gasteiger partial charge in [0, 0.05) is 48.3 Å². The van der Waals surface area contributed by atoms with Crippen LogP contribution in [0, 0.1) is 13.8 Å². The minimum atomic E-state index is -0.616. The van der Waals surface area contributed by atoms with E-state index in [0.717, 1.165) is 59.9 Å². The van der Waals surface area contributed by atoms with Crippen LogP contribution in [0.1, 0.15) is 17.7 Å². The number of H-pyrrole nitrogens is 1. The molecule has 0 aliphatic carbocycles. The number of rotatable bonds is 2. The number of hydrogen-bond donors (Lipinski definition) is 2. The predicted octanol–water partition coefficient (Wildman–Crippen LogP) is 1.85. The van der Waals surface area contributed by atoms with E-state index in [-0.39, 0.29) is 0 Å². The van der Waals surface area contributed by atoms with E-state index in [1.54, 1.807) is 0 Å². The zero-order valence-electron chi connectivity index (χ0n) is 15.6. The summed E-state index contributed by atoms with van der Waals surface area (Å²) in [6.07, 6.45) is -0.0203. The van der Waals surface area contributed by atoms with Gasteiger partial charge in [-0.15, -0.1) is 0 Å². The molecule has 7 nitrogen and oxygen atoms in total. The molecule has 0 amide bonds. The number of nitrogens with one attached hydrogen (secondary N) is 1. The molecular formula is C19H26N6O. The number of nitrogens with two attached hydrogens (primary N) is 1. The number of benzene rings is 1. The van der Waals surface area contributed by atoms with Crippen LogP contribution >= 0.6 is 0 Å². The first-order valence-corrected chi connectivity index (χ1v) is 9.07. The number of aromatic nitrogens is 1. The van der Waals surface area contributed by atoms with Gasteiger partial charge in [0.15, 0.2) is 0 Å². The summed E-state index contributed by atoms with van der Waals surface area (Å²) in [4.78, 5) is 17.1. The second kappa shape index (κ2) is 6.64. The molecule has 0 spiro atoms. The van der Waals surface area contributed by atoms with E-state index in [4.69, 9.17) is 15.5 Å². The topological polar surface area (TPSA) is 82.2 Å². The monoisotopic (exact) mass is 354 g/mol. The molecule has 2 aliphatic rings. The van der Waals surface area contributed by atoms with Crippen LogP contribution in [-0.2, 0) is 0 Å². The highest BCUT2D eigenvalue weighted by molar-refractivity contribution is 6.03. The molecule has 1 atom stereocenters. The maximum atomic E-state index is 6.11. The maximum absolute atomic E-state index is 6.11. The zero-order valence-corrected chi connectivity index (χ0v) is 15.6. The summed E-state index contributed by atoms with van der Waals surface area (Å²) in [6.45, 7) is 8.10. The summed E-state index contributed by atoms with van der Waals surface area (Å²) in [6, 6.07) is 6.14. The number of aryl methyl sites for hydroxylation is 2. The molecule has 0 bridgehead atoms. The number of hydrogen-bond acceptors (Lipinski definition) is 6. The SMILES string of the molecule is Cc1cc2c(C)c(OC3N=C(N)CC(N4CCN(C)CC4)=N3)ccc2[nH]1. The summed E-state index contributed by atoms with van der Waals surface area (Å²) in [5, 5.41) is 1.16. The molecule has 1 aromatic heterocycles. The Balaban J connectivity index is 1.56. The summed E-state index contributed by atoms with van der Waals surface area (Å²) in [5.41, 5.74) is 9.41. The summed E-state index contributed by atoms with van der Waals surface area (Å²) in [5.74, 6) is 2.35. The molecule has 26 heavy (non-hydrogen) atoms. The van der Waals surface area contributed by atoms with Gasteiger partial charge in [-0.05, 0) is 39.1 Å². The van der Waals surface area contributed by atoms with Crippen LogP contribution in [0.15, 0.2) is 28.2 Å². The summed E-state index contributed by atoms with van der Waals surface area (Å²) < 4.78 is 6.11. The fraction of sp³-hybridized carbons (Fsp3) is 0.474. The number of nitrogens with zero attached hydrogens (tertiary/aromatic N) is 4. The van der Waals surface area contributed by atoms with E-state index in [1.807, 2.05) is 12.1 Å². The lowest BCUT2D eigenvalue weighted by molar-refractivity contribution is 0.197. The van der Waals surface area contributed by atoms with Crippen LogP contribution in [0.2, 0.25) is 0 Å². The average molecular weight is 354 g/mol. The number of amidine groups is 2. The van der Waals surface area contributed by atoms with Crippen LogP contribution in [0.25, 0.3) is 10.9 Å². The van der Waals surface area contributed by atoms with E-state index in [2.05, 4.69) is 46.7 Å². The lowest BCUT2D eigenvalue weighted by Crippen LogP contribution is -2.49. The van der Waals surface area contributed by atoms with Crippen molar-refractivity contribution in [3.63, 3.8) is 0 Å². The van der Waals surface area contributed by atoms with Gasteiger partial charge in [-0.3, -0.25) is 0 Å². The second-order valence-corrected chi connectivity index (χ2v) is 7.18. The largest absolute Gasteiger partial charge is 0.448 e. The highest BCUT2D eigenvalue weighted by Crippen LogP contribution is 2.29. The average Bonchev–Trinajstić information content (AvgIpc) is 2.99. The number of likely N-dealkylation sites (N-methyl/N-ethyl adjacent to an activating group) is 1. The van der Waals surface area contributed by atoms with Gasteiger partial charge in [-0.1, -0.05) is 0 Å². The van der Waals surface area contributed by atoms with Crippen LogP contribution in [-0.4, -0.2) is 66.0 Å². The highest BCUT2D eigenvalue weighted by Gasteiger charge is 2.24. The normalized spacial score (nSPS) is 21.7. The Kier molecular flexibility index (Phi) is 4.32. The third-order valence-electron chi connectivity index (χ3n) is 5.13. The Hall–Kier alpha value is -2.54. The molecule has 138 valence electrons. The molecule has 4 rings (SSSR count). The number of aromatic amines is 1. The third kappa shape index (κ3) is 3.26. The van der Waals surface area contributed by atoms with Crippen molar-refractivity contribution >= 4 is 22.6 Å². The van der Waals surface area contributed by atoms with E-state index >= 15 is 0 Å². The van der Waals surface area contributed by atoms with Gasteiger partial charge in [-0.25, -0.2) is 9.98 Å². The molecule has 2 aliphatic heterocycles. The van der Waals surface area contributed by atoms with Crippen molar-refractivity contribution < 1.29 is 4.74 Å². The minimum absolute atomic E-state index is 0.579. The smallest absolute Gasteiger partial charge is 0.291 e. The first-order chi connectivity index (χ1) is 12.5. The molecule has 1 saturated heterocycles. The van der Waals surface area contributed by atoms with Crippen molar-refractivity contribution in [2.75, 3.05) is 33.2 Å². The third-order valence-corrected chi connectivity index (χ3v) is 5.13. The van der Waals surface area contributed by atoms with Gasteiger partial charge in [-0.2, -0.15) is 0 Å². The Labute approximate surface area is 153 Å². The molecule has 0 radical (unpaired) electrons. The molecule has 1 unspecified atom stereocenters. The van der Waals surface area contributed by atoms with Gasteiger partial charge < -0.3 is 25.3 Å². The van der Waals surface area contributed by atoms with Crippen molar-refractivity contribution in [1.82, 2.24) is 14.8 Å². The van der Waals surface area contributed by atoms with Crippen LogP contribution in [0.4, 0.5) is 0 Å². The van der Waals surface area contributed by atoms with Gasteiger partial charge in [0.1, 0.15) is 17.4 Å². The molecule has 3 heterocycles. The lowest BCUT2D eigenvalue weighted by atomic mass is 10.1. The number of ether oxygens (including phenoxy) is 1. The summed E-state index contributed by atoms with van der Waals surface area (Å²) in [7, 11) is 2.14. The molecule has 0 saturated carbocycles. The van der Waals surface area contributed by atoms with Crippen molar-refractivity contribution in [2.24, 2.45) is 15.7 Å².